The first-order valence-electron chi connectivity index (χ1n) is 11.2. The van der Waals surface area contributed by atoms with Gasteiger partial charge in [-0.2, -0.15) is 10.5 Å². The van der Waals surface area contributed by atoms with E-state index in [9.17, 15) is 10.5 Å². The number of hydrogen-bond acceptors (Lipinski definition) is 7. The van der Waals surface area contributed by atoms with E-state index in [0.717, 1.165) is 43.5 Å². The summed E-state index contributed by atoms with van der Waals surface area (Å²) in [6.07, 6.45) is 1.88. The first-order valence-corrected chi connectivity index (χ1v) is 11.2. The summed E-state index contributed by atoms with van der Waals surface area (Å²) in [5.41, 5.74) is 9.91. The number of H-pyrrole nitrogens is 1. The van der Waals surface area contributed by atoms with Crippen molar-refractivity contribution in [2.45, 2.75) is 39.7 Å². The summed E-state index contributed by atoms with van der Waals surface area (Å²) in [5, 5.41) is 19.0. The summed E-state index contributed by atoms with van der Waals surface area (Å²) >= 11 is 0. The van der Waals surface area contributed by atoms with Gasteiger partial charge in [0.1, 0.15) is 29.3 Å². The van der Waals surface area contributed by atoms with Crippen molar-refractivity contribution in [2.24, 2.45) is 0 Å². The van der Waals surface area contributed by atoms with Crippen LogP contribution in [0.3, 0.4) is 0 Å². The van der Waals surface area contributed by atoms with Gasteiger partial charge in [0.25, 0.3) is 0 Å². The maximum Gasteiger partial charge on any atom is 0.179 e. The smallest absolute Gasteiger partial charge is 0.179 e. The van der Waals surface area contributed by atoms with Gasteiger partial charge in [-0.25, -0.2) is 15.0 Å². The molecule has 0 aliphatic carbocycles. The van der Waals surface area contributed by atoms with Crippen LogP contribution in [-0.2, 0) is 0 Å². The zero-order valence-electron chi connectivity index (χ0n) is 19.1. The van der Waals surface area contributed by atoms with Gasteiger partial charge >= 0.3 is 0 Å². The molecular formula is C24H27N9. The van der Waals surface area contributed by atoms with Crippen LogP contribution in [0.4, 0.5) is 5.82 Å². The van der Waals surface area contributed by atoms with Crippen LogP contribution in [0.1, 0.15) is 51.0 Å². The average molecular weight is 442 g/mol. The molecular weight excluding hydrogens is 414 g/mol. The molecule has 3 heterocycles. The Morgan fingerprint density at radius 2 is 1.79 bits per heavy atom. The number of benzene rings is 1. The molecule has 1 aromatic carbocycles. The fourth-order valence-electron chi connectivity index (χ4n) is 4.30. The van der Waals surface area contributed by atoms with Gasteiger partial charge < -0.3 is 20.2 Å². The minimum atomic E-state index is -0.0197. The van der Waals surface area contributed by atoms with Gasteiger partial charge in [0.05, 0.1) is 16.6 Å². The van der Waals surface area contributed by atoms with E-state index in [-0.39, 0.29) is 17.4 Å². The molecule has 0 spiro atoms. The lowest BCUT2D eigenvalue weighted by atomic mass is 10.1. The Bertz CT molecular complexity index is 1350. The second-order valence-corrected chi connectivity index (χ2v) is 8.07. The molecule has 0 aliphatic heterocycles. The fraction of sp³-hybridized carbons (Fsp3) is 0.375. The highest BCUT2D eigenvalue weighted by Crippen LogP contribution is 2.38. The largest absolute Gasteiger partial charge is 0.384 e. The van der Waals surface area contributed by atoms with Crippen molar-refractivity contribution in [1.29, 1.82) is 10.5 Å². The molecule has 3 aromatic heterocycles. The lowest BCUT2D eigenvalue weighted by Crippen LogP contribution is -2.24. The Morgan fingerprint density at radius 1 is 1.09 bits per heavy atom. The molecule has 1 unspecified atom stereocenters. The molecule has 1 atom stereocenters. The molecule has 3 N–H and O–H groups in total. The first kappa shape index (κ1) is 22.3. The second-order valence-electron chi connectivity index (χ2n) is 8.07. The summed E-state index contributed by atoms with van der Waals surface area (Å²) in [6, 6.07) is 11.7. The number of nitrogens with zero attached hydrogens (tertiary/aromatic N) is 7. The predicted octanol–water partition coefficient (Wildman–Crippen LogP) is 3.98. The van der Waals surface area contributed by atoms with Gasteiger partial charge in [0, 0.05) is 6.04 Å². The highest BCUT2D eigenvalue weighted by Gasteiger charge is 2.26. The van der Waals surface area contributed by atoms with Crippen LogP contribution in [0, 0.1) is 22.7 Å². The number of anilines is 1. The van der Waals surface area contributed by atoms with Gasteiger partial charge in [-0.1, -0.05) is 26.0 Å². The first-order chi connectivity index (χ1) is 16.0. The third kappa shape index (κ3) is 3.99. The summed E-state index contributed by atoms with van der Waals surface area (Å²) in [7, 11) is 0. The number of fused-ring (bicyclic) bond motifs is 2. The topological polar surface area (TPSA) is 136 Å². The van der Waals surface area contributed by atoms with E-state index in [0.29, 0.717) is 28.4 Å². The quantitative estimate of drug-likeness (QED) is 0.422. The summed E-state index contributed by atoms with van der Waals surface area (Å²) in [6.45, 7) is 9.45. The van der Waals surface area contributed by atoms with Crippen molar-refractivity contribution < 1.29 is 0 Å². The third-order valence-electron chi connectivity index (χ3n) is 6.13. The van der Waals surface area contributed by atoms with Crippen LogP contribution in [0.2, 0.25) is 0 Å². The Hall–Kier alpha value is -3.95. The highest BCUT2D eigenvalue weighted by atomic mass is 15.2. The van der Waals surface area contributed by atoms with E-state index < -0.39 is 0 Å². The number of nitrogen functional groups attached to an aromatic ring is 1. The number of aromatic nitrogens is 5. The number of para-hydroxylation sites is 2. The van der Waals surface area contributed by atoms with Crippen molar-refractivity contribution in [3.8, 4) is 23.5 Å². The van der Waals surface area contributed by atoms with Crippen LogP contribution in [-0.4, -0.2) is 49.0 Å². The molecule has 4 rings (SSSR count). The summed E-state index contributed by atoms with van der Waals surface area (Å²) in [4.78, 5) is 19.4. The molecule has 0 saturated carbocycles. The fourth-order valence-corrected chi connectivity index (χ4v) is 4.30. The van der Waals surface area contributed by atoms with Crippen molar-refractivity contribution in [3.63, 3.8) is 0 Å². The minimum absolute atomic E-state index is 0.00440. The number of hydrogen-bond donors (Lipinski definition) is 2. The monoisotopic (exact) mass is 441 g/mol. The van der Waals surface area contributed by atoms with Gasteiger partial charge in [0.15, 0.2) is 17.0 Å². The Labute approximate surface area is 192 Å². The Kier molecular flexibility index (Phi) is 6.25. The number of rotatable bonds is 8. The van der Waals surface area contributed by atoms with E-state index >= 15 is 0 Å². The van der Waals surface area contributed by atoms with Crippen LogP contribution >= 0.6 is 0 Å². The van der Waals surface area contributed by atoms with Crippen LogP contribution < -0.4 is 5.73 Å². The zero-order valence-corrected chi connectivity index (χ0v) is 19.1. The number of aromatic amines is 1. The summed E-state index contributed by atoms with van der Waals surface area (Å²) in [5.74, 6) is 1.04. The van der Waals surface area contributed by atoms with Crippen molar-refractivity contribution in [3.05, 3.63) is 35.7 Å². The molecule has 0 radical (unpaired) electrons. The van der Waals surface area contributed by atoms with E-state index in [4.69, 9.17) is 10.7 Å². The highest BCUT2D eigenvalue weighted by molar-refractivity contribution is 5.98. The second kappa shape index (κ2) is 9.27. The lowest BCUT2D eigenvalue weighted by Gasteiger charge is -2.21. The van der Waals surface area contributed by atoms with E-state index in [1.165, 1.54) is 0 Å². The number of nitrogens with two attached hydrogens (primary N) is 1. The van der Waals surface area contributed by atoms with Crippen LogP contribution in [0.25, 0.3) is 33.6 Å². The van der Waals surface area contributed by atoms with Gasteiger partial charge in [-0.3, -0.25) is 0 Å². The van der Waals surface area contributed by atoms with E-state index in [1.807, 2.05) is 41.0 Å². The van der Waals surface area contributed by atoms with Crippen molar-refractivity contribution in [2.75, 3.05) is 25.4 Å². The molecule has 0 bridgehead atoms. The number of imidazole rings is 1. The van der Waals surface area contributed by atoms with Crippen molar-refractivity contribution in [1.82, 2.24) is 29.4 Å². The normalized spacial score (nSPS) is 12.3. The maximum absolute atomic E-state index is 9.52. The zero-order chi connectivity index (χ0) is 23.5. The van der Waals surface area contributed by atoms with Gasteiger partial charge in [-0.15, -0.1) is 0 Å². The van der Waals surface area contributed by atoms with E-state index in [2.05, 4.69) is 40.6 Å². The van der Waals surface area contributed by atoms with Gasteiger partial charge in [-0.05, 0) is 51.5 Å². The molecule has 4 aromatic rings. The standard InChI is InChI=1S/C24H27N9/c1-4-32(5-2)12-8-9-15(3)33-22(27)20(23-29-16-10-6-7-11-17(16)30-23)21-24(33)31-19(14-26)18(13-25)28-21/h6-7,10-11,15H,4-5,8-9,12,27H2,1-3H3,(H,29,30). The molecule has 0 fully saturated rings. The number of nitriles is 2. The molecule has 9 heteroatoms. The summed E-state index contributed by atoms with van der Waals surface area (Å²) < 4.78 is 1.93. The Morgan fingerprint density at radius 3 is 2.45 bits per heavy atom. The third-order valence-corrected chi connectivity index (χ3v) is 6.13. The lowest BCUT2D eigenvalue weighted by molar-refractivity contribution is 0.289. The predicted molar refractivity (Wildman–Crippen MR) is 128 cm³/mol. The average Bonchev–Trinajstić information content (AvgIpc) is 3.37. The molecule has 0 saturated heterocycles. The molecule has 0 aliphatic rings. The van der Waals surface area contributed by atoms with Crippen molar-refractivity contribution >= 4 is 28.0 Å². The maximum atomic E-state index is 9.52. The molecule has 33 heavy (non-hydrogen) atoms. The molecule has 168 valence electrons. The molecule has 0 amide bonds. The number of nitrogens with one attached hydrogen (secondary N) is 1. The molecule has 9 nitrogen and oxygen atoms in total. The van der Waals surface area contributed by atoms with Crippen LogP contribution in [0.5, 0.6) is 0 Å². The SMILES string of the molecule is CCN(CC)CCCC(C)n1c(N)c(-c2nc3ccccc3[nH]2)c2nc(C#N)c(C#N)nc21. The van der Waals surface area contributed by atoms with Gasteiger partial charge in [0.2, 0.25) is 0 Å². The minimum Gasteiger partial charge on any atom is -0.384 e. The van der Waals surface area contributed by atoms with E-state index in [1.54, 1.807) is 0 Å². The van der Waals surface area contributed by atoms with Crippen LogP contribution in [0.15, 0.2) is 24.3 Å². The Balaban J connectivity index is 1.85.